The minimum absolute atomic E-state index is 0.0261. The van der Waals surface area contributed by atoms with Crippen molar-refractivity contribution in [2.24, 2.45) is 0 Å². The van der Waals surface area contributed by atoms with Gasteiger partial charge in [-0.25, -0.2) is 15.0 Å². The smallest absolute Gasteiger partial charge is 0.254 e. The second-order valence-electron chi connectivity index (χ2n) is 7.89. The Morgan fingerprint density at radius 3 is 2.47 bits per heavy atom. The van der Waals surface area contributed by atoms with E-state index in [1.54, 1.807) is 0 Å². The highest BCUT2D eigenvalue weighted by atomic mass is 35.5. The fraction of sp³-hybridized carbons (Fsp3) is 0.227. The van der Waals surface area contributed by atoms with Crippen molar-refractivity contribution < 1.29 is 4.79 Å². The number of aromatic nitrogens is 3. The number of carbonyl (C=O) groups is 1. The largest absolute Gasteiger partial charge is 0.383 e. The number of nitrogen functional groups attached to an aromatic ring is 1. The maximum absolute atomic E-state index is 12.5. The van der Waals surface area contributed by atoms with Crippen LogP contribution < -0.4 is 16.4 Å². The normalized spacial score (nSPS) is 11.2. The van der Waals surface area contributed by atoms with E-state index < -0.39 is 5.54 Å². The van der Waals surface area contributed by atoms with Gasteiger partial charge in [0.25, 0.3) is 5.91 Å². The van der Waals surface area contributed by atoms with Crippen LogP contribution >= 0.6 is 23.2 Å². The molecule has 0 fully saturated rings. The van der Waals surface area contributed by atoms with Crippen molar-refractivity contribution in [3.8, 4) is 0 Å². The molecule has 0 unspecified atom stereocenters. The highest BCUT2D eigenvalue weighted by molar-refractivity contribution is 6.34. The number of pyridine rings is 1. The molecule has 8 nitrogen and oxygen atoms in total. The van der Waals surface area contributed by atoms with Crippen LogP contribution in [0.25, 0.3) is 0 Å². The molecule has 0 bridgehead atoms. The van der Waals surface area contributed by atoms with Crippen LogP contribution in [0.3, 0.4) is 0 Å². The topological polar surface area (TPSA) is 130 Å². The van der Waals surface area contributed by atoms with Crippen LogP contribution in [0.15, 0.2) is 42.7 Å². The molecule has 166 valence electrons. The fourth-order valence-corrected chi connectivity index (χ4v) is 3.38. The van der Waals surface area contributed by atoms with Crippen molar-refractivity contribution in [1.29, 1.82) is 5.41 Å². The van der Waals surface area contributed by atoms with E-state index in [0.717, 1.165) is 5.56 Å². The number of rotatable bonds is 7. The molecule has 5 N–H and O–H groups in total. The molecule has 0 saturated heterocycles. The molecule has 2 aromatic heterocycles. The van der Waals surface area contributed by atoms with Gasteiger partial charge in [0.05, 0.1) is 22.4 Å². The Bertz CT molecular complexity index is 1160. The molecule has 0 aliphatic rings. The highest BCUT2D eigenvalue weighted by Gasteiger charge is 2.24. The Balaban J connectivity index is 1.78. The molecule has 0 saturated carbocycles. The van der Waals surface area contributed by atoms with E-state index in [0.29, 0.717) is 16.9 Å². The second kappa shape index (κ2) is 9.50. The Labute approximate surface area is 196 Å². The van der Waals surface area contributed by atoms with E-state index in [1.807, 2.05) is 45.0 Å². The van der Waals surface area contributed by atoms with Gasteiger partial charge in [0.2, 0.25) is 0 Å². The van der Waals surface area contributed by atoms with E-state index in [-0.39, 0.29) is 39.9 Å². The van der Waals surface area contributed by atoms with Crippen LogP contribution in [0.4, 0.5) is 11.6 Å². The van der Waals surface area contributed by atoms with E-state index in [1.165, 1.54) is 18.5 Å². The van der Waals surface area contributed by atoms with Gasteiger partial charge in [-0.15, -0.1) is 0 Å². The number of benzene rings is 1. The standard InChI is InChI=1S/C22H23Cl2N7O/c1-12-4-6-13(7-5-12)17(25)16-19(26)28-11-29-20(16)31-22(2,3)10-27-21(32)14-8-9-15(23)30-18(14)24/h4-9,11,25H,10H2,1-3H3,(H,27,32)(H3,26,28,29,31). The zero-order valence-electron chi connectivity index (χ0n) is 17.8. The van der Waals surface area contributed by atoms with Gasteiger partial charge in [0.1, 0.15) is 28.3 Å². The minimum Gasteiger partial charge on any atom is -0.383 e. The van der Waals surface area contributed by atoms with Gasteiger partial charge in [0, 0.05) is 12.1 Å². The number of halogens is 2. The second-order valence-corrected chi connectivity index (χ2v) is 8.63. The molecule has 1 aromatic carbocycles. The molecule has 0 atom stereocenters. The van der Waals surface area contributed by atoms with E-state index >= 15 is 0 Å². The number of nitrogens with zero attached hydrogens (tertiary/aromatic N) is 3. The molecule has 3 rings (SSSR count). The lowest BCUT2D eigenvalue weighted by molar-refractivity contribution is 0.0947. The predicted octanol–water partition coefficient (Wildman–Crippen LogP) is 4.11. The molecule has 2 heterocycles. The molecule has 0 radical (unpaired) electrons. The van der Waals surface area contributed by atoms with Crippen LogP contribution in [0, 0.1) is 12.3 Å². The molecule has 32 heavy (non-hydrogen) atoms. The summed E-state index contributed by atoms with van der Waals surface area (Å²) in [7, 11) is 0. The first kappa shape index (κ1) is 23.4. The van der Waals surface area contributed by atoms with Gasteiger partial charge in [-0.3, -0.25) is 10.2 Å². The third-order valence-electron chi connectivity index (χ3n) is 4.67. The summed E-state index contributed by atoms with van der Waals surface area (Å²) in [4.78, 5) is 24.8. The maximum Gasteiger partial charge on any atom is 0.254 e. The number of hydrogen-bond donors (Lipinski definition) is 4. The summed E-state index contributed by atoms with van der Waals surface area (Å²) in [6, 6.07) is 10.6. The Morgan fingerprint density at radius 1 is 1.12 bits per heavy atom. The molecule has 0 aliphatic carbocycles. The zero-order chi connectivity index (χ0) is 23.5. The quantitative estimate of drug-likeness (QED) is 0.303. The highest BCUT2D eigenvalue weighted by Crippen LogP contribution is 2.24. The Hall–Kier alpha value is -3.23. The van der Waals surface area contributed by atoms with Crippen LogP contribution in [-0.2, 0) is 0 Å². The minimum atomic E-state index is -0.648. The van der Waals surface area contributed by atoms with Crippen molar-refractivity contribution in [3.63, 3.8) is 0 Å². The summed E-state index contributed by atoms with van der Waals surface area (Å²) >= 11 is 11.8. The Morgan fingerprint density at radius 2 is 1.81 bits per heavy atom. The van der Waals surface area contributed by atoms with E-state index in [2.05, 4.69) is 25.6 Å². The summed E-state index contributed by atoms with van der Waals surface area (Å²) in [5, 5.41) is 15.0. The summed E-state index contributed by atoms with van der Waals surface area (Å²) in [5.41, 5.74) is 8.04. The molecule has 0 spiro atoms. The third-order valence-corrected chi connectivity index (χ3v) is 5.17. The first-order valence-electron chi connectivity index (χ1n) is 9.72. The summed E-state index contributed by atoms with van der Waals surface area (Å²) < 4.78 is 0. The molecule has 0 aliphatic heterocycles. The predicted molar refractivity (Wildman–Crippen MR) is 128 cm³/mol. The fourth-order valence-electron chi connectivity index (χ4n) is 2.95. The Kier molecular flexibility index (Phi) is 6.96. The first-order chi connectivity index (χ1) is 15.1. The number of anilines is 2. The van der Waals surface area contributed by atoms with Crippen molar-refractivity contribution in [2.45, 2.75) is 26.3 Å². The van der Waals surface area contributed by atoms with Gasteiger partial charge >= 0.3 is 0 Å². The van der Waals surface area contributed by atoms with Crippen molar-refractivity contribution in [1.82, 2.24) is 20.3 Å². The number of nitrogens with one attached hydrogen (secondary N) is 3. The van der Waals surface area contributed by atoms with E-state index in [9.17, 15) is 4.79 Å². The number of aryl methyl sites for hydroxylation is 1. The number of carbonyl (C=O) groups excluding carboxylic acids is 1. The lowest BCUT2D eigenvalue weighted by atomic mass is 10.00. The van der Waals surface area contributed by atoms with E-state index in [4.69, 9.17) is 34.3 Å². The zero-order valence-corrected chi connectivity index (χ0v) is 19.3. The maximum atomic E-state index is 12.5. The molecular weight excluding hydrogens is 449 g/mol. The van der Waals surface area contributed by atoms with Crippen molar-refractivity contribution in [2.75, 3.05) is 17.6 Å². The van der Waals surface area contributed by atoms with Crippen LogP contribution in [-0.4, -0.2) is 38.7 Å². The molecule has 3 aromatic rings. The summed E-state index contributed by atoms with van der Waals surface area (Å²) in [6.45, 7) is 5.97. The van der Waals surface area contributed by atoms with Gasteiger partial charge < -0.3 is 16.4 Å². The average molecular weight is 472 g/mol. The number of nitrogens with two attached hydrogens (primary N) is 1. The van der Waals surface area contributed by atoms with Crippen LogP contribution in [0.2, 0.25) is 10.3 Å². The third kappa shape index (κ3) is 5.52. The lowest BCUT2D eigenvalue weighted by Crippen LogP contribution is -2.44. The molecular formula is C22H23Cl2N7O. The average Bonchev–Trinajstić information content (AvgIpc) is 2.72. The van der Waals surface area contributed by atoms with Crippen molar-refractivity contribution >= 4 is 46.5 Å². The molecule has 1 amide bonds. The van der Waals surface area contributed by atoms with Gasteiger partial charge in [-0.1, -0.05) is 53.0 Å². The van der Waals surface area contributed by atoms with Gasteiger partial charge in [-0.2, -0.15) is 0 Å². The van der Waals surface area contributed by atoms with Gasteiger partial charge in [0.15, 0.2) is 0 Å². The van der Waals surface area contributed by atoms with Crippen LogP contribution in [0.5, 0.6) is 0 Å². The van der Waals surface area contributed by atoms with Gasteiger partial charge in [-0.05, 0) is 32.9 Å². The lowest BCUT2D eigenvalue weighted by Gasteiger charge is -2.28. The first-order valence-corrected chi connectivity index (χ1v) is 10.5. The summed E-state index contributed by atoms with van der Waals surface area (Å²) in [5.74, 6) is 0.198. The molecule has 10 heteroatoms. The summed E-state index contributed by atoms with van der Waals surface area (Å²) in [6.07, 6.45) is 1.33. The van der Waals surface area contributed by atoms with Crippen LogP contribution in [0.1, 0.15) is 40.9 Å². The number of hydrogen-bond acceptors (Lipinski definition) is 7. The monoisotopic (exact) mass is 471 g/mol. The SMILES string of the molecule is Cc1ccc(C(=N)c2c(N)ncnc2NC(C)(C)CNC(=O)c2ccc(Cl)nc2Cl)cc1. The number of amides is 1. The van der Waals surface area contributed by atoms with Crippen molar-refractivity contribution in [3.05, 3.63) is 75.3 Å².